The number of hydrogen-bond donors (Lipinski definition) is 0. The van der Waals surface area contributed by atoms with Crippen LogP contribution in [-0.4, -0.2) is 58.8 Å². The van der Waals surface area contributed by atoms with Gasteiger partial charge in [-0.15, -0.1) is 16.4 Å². The van der Waals surface area contributed by atoms with Crippen LogP contribution in [0.2, 0.25) is 0 Å². The summed E-state index contributed by atoms with van der Waals surface area (Å²) >= 11 is 0. The second kappa shape index (κ2) is 12.8. The van der Waals surface area contributed by atoms with Gasteiger partial charge >= 0.3 is 0 Å². The Bertz CT molecular complexity index is 3070. The largest absolute Gasteiger partial charge is 0.456 e. The average molecular weight is 700 g/mol. The number of hydrogen-bond acceptors (Lipinski definition) is 4. The van der Waals surface area contributed by atoms with E-state index in [4.69, 9.17) is 19.4 Å². The van der Waals surface area contributed by atoms with Gasteiger partial charge in [-0.1, -0.05) is 102 Å². The number of rotatable bonds is 5. The van der Waals surface area contributed by atoms with Gasteiger partial charge in [0.1, 0.15) is 50.4 Å². The van der Waals surface area contributed by atoms with E-state index in [1.165, 1.54) is 54.7 Å². The summed E-state index contributed by atoms with van der Waals surface area (Å²) in [6.07, 6.45) is 0. The van der Waals surface area contributed by atoms with Crippen molar-refractivity contribution in [1.82, 2.24) is 19.5 Å². The third-order valence-electron chi connectivity index (χ3n) is 11.6. The van der Waals surface area contributed by atoms with Crippen LogP contribution in [0.1, 0.15) is 0 Å². The third-order valence-corrected chi connectivity index (χ3v) is 11.6. The van der Waals surface area contributed by atoms with Crippen LogP contribution in [-0.2, 0) is 0 Å². The number of furan rings is 1. The van der Waals surface area contributed by atoms with Crippen molar-refractivity contribution in [2.45, 2.75) is 0 Å². The van der Waals surface area contributed by atoms with Gasteiger partial charge in [-0.3, -0.25) is 0 Å². The minimum atomic E-state index is 0.617. The first-order chi connectivity index (χ1) is 26.9. The molecule has 0 aliphatic carbocycles. The molecule has 254 valence electrons. The zero-order valence-corrected chi connectivity index (χ0v) is 31.5. The highest BCUT2D eigenvalue weighted by atomic mass is 16.3. The van der Waals surface area contributed by atoms with E-state index in [0.717, 1.165) is 49.8 Å². The Morgan fingerprint density at radius 2 is 1.00 bits per heavy atom. The Labute approximate surface area is 323 Å². The quantitative estimate of drug-likeness (QED) is 0.260. The molecule has 0 bridgehead atoms. The van der Waals surface area contributed by atoms with E-state index in [1.54, 1.807) is 0 Å². The van der Waals surface area contributed by atoms with Crippen molar-refractivity contribution >= 4 is 110 Å². The summed E-state index contributed by atoms with van der Waals surface area (Å²) in [7, 11) is 11.3. The van der Waals surface area contributed by atoms with E-state index in [0.29, 0.717) is 17.5 Å². The zero-order chi connectivity index (χ0) is 37.4. The van der Waals surface area contributed by atoms with E-state index >= 15 is 0 Å². The maximum Gasteiger partial charge on any atom is 0.164 e. The first kappa shape index (κ1) is 33.1. The molecule has 0 amide bonds. The van der Waals surface area contributed by atoms with Gasteiger partial charge in [0.15, 0.2) is 17.5 Å². The molecule has 55 heavy (non-hydrogen) atoms. The Balaban J connectivity index is 1.13. The van der Waals surface area contributed by atoms with Crippen molar-refractivity contribution in [3.05, 3.63) is 140 Å². The minimum Gasteiger partial charge on any atom is -0.456 e. The summed E-state index contributed by atoms with van der Waals surface area (Å²) in [4.78, 5) is 14.8. The Hall–Kier alpha value is -6.53. The molecule has 0 atom stereocenters. The lowest BCUT2D eigenvalue weighted by atomic mass is 9.59. The SMILES string of the molecule is Bc1c(B)c(B)c(-c2cccc3c2c2ccccc2n3-c2ccc3c(c2)oc2ccc(-c4nc(-c5ccccc5)nc(-c5ccccc5)n4)cc23)c(B)c1B. The monoisotopic (exact) mass is 700 g/mol. The molecule has 5 nitrogen and oxygen atoms in total. The first-order valence-electron chi connectivity index (χ1n) is 18.8. The van der Waals surface area contributed by atoms with E-state index in [2.05, 4.69) is 111 Å². The van der Waals surface area contributed by atoms with Crippen LogP contribution in [0.4, 0.5) is 0 Å². The van der Waals surface area contributed by atoms with Gasteiger partial charge in [-0.2, -0.15) is 0 Å². The molecular weight excluding hydrogens is 667 g/mol. The lowest BCUT2D eigenvalue weighted by Crippen LogP contribution is -2.55. The van der Waals surface area contributed by atoms with Gasteiger partial charge in [0.05, 0.1) is 11.0 Å². The molecule has 0 unspecified atom stereocenters. The topological polar surface area (TPSA) is 56.7 Å². The third kappa shape index (κ3) is 5.27. The lowest BCUT2D eigenvalue weighted by molar-refractivity contribution is 0.668. The van der Waals surface area contributed by atoms with Crippen LogP contribution >= 0.6 is 0 Å². The molecule has 3 heterocycles. The van der Waals surface area contributed by atoms with Crippen molar-refractivity contribution in [3.63, 3.8) is 0 Å². The van der Waals surface area contributed by atoms with E-state index < -0.39 is 0 Å². The van der Waals surface area contributed by atoms with Gasteiger partial charge in [-0.05, 0) is 53.6 Å². The highest BCUT2D eigenvalue weighted by Crippen LogP contribution is 2.39. The standard InChI is InChI=1S/C45H33B5N4O/c46-38-37(39(47)41(49)42(50)40(38)48)30-15-9-17-33-36(30)29-14-7-8-16-32(29)54(33)27-19-20-28-31-22-26(18-21-34(31)55-35(28)23-27)45-52-43(24-10-3-1-4-11-24)51-44(53-45)25-12-5-2-6-13-25/h1-23H,46-50H2. The average Bonchev–Trinajstić information content (AvgIpc) is 3.78. The van der Waals surface area contributed by atoms with Crippen LogP contribution in [0.3, 0.4) is 0 Å². The maximum absolute atomic E-state index is 6.59. The van der Waals surface area contributed by atoms with Gasteiger partial charge in [-0.25, -0.2) is 15.0 Å². The van der Waals surface area contributed by atoms with Crippen LogP contribution in [0.15, 0.2) is 144 Å². The molecule has 7 aromatic carbocycles. The minimum absolute atomic E-state index is 0.617. The number of aromatic nitrogens is 4. The molecule has 0 saturated carbocycles. The molecule has 0 spiro atoms. The molecule has 0 aliphatic rings. The van der Waals surface area contributed by atoms with Gasteiger partial charge in [0.25, 0.3) is 0 Å². The van der Waals surface area contributed by atoms with Crippen LogP contribution in [0, 0.1) is 0 Å². The second-order valence-corrected chi connectivity index (χ2v) is 14.6. The van der Waals surface area contributed by atoms with Crippen molar-refractivity contribution in [3.8, 4) is 51.0 Å². The maximum atomic E-state index is 6.59. The second-order valence-electron chi connectivity index (χ2n) is 14.6. The lowest BCUT2D eigenvalue weighted by Gasteiger charge is -2.21. The molecule has 0 N–H and O–H groups in total. The highest BCUT2D eigenvalue weighted by molar-refractivity contribution is 6.69. The van der Waals surface area contributed by atoms with Gasteiger partial charge in [0.2, 0.25) is 0 Å². The van der Waals surface area contributed by atoms with Crippen molar-refractivity contribution in [2.24, 2.45) is 0 Å². The molecule has 10 heteroatoms. The van der Waals surface area contributed by atoms with Crippen LogP contribution in [0.25, 0.3) is 94.7 Å². The first-order valence-corrected chi connectivity index (χ1v) is 18.8. The summed E-state index contributed by atoms with van der Waals surface area (Å²) in [6, 6.07) is 48.4. The summed E-state index contributed by atoms with van der Waals surface area (Å²) in [5.41, 5.74) is 17.2. The zero-order valence-electron chi connectivity index (χ0n) is 31.5. The normalized spacial score (nSPS) is 11.6. The van der Waals surface area contributed by atoms with E-state index in [1.807, 2.05) is 72.8 Å². The highest BCUT2D eigenvalue weighted by Gasteiger charge is 2.21. The predicted octanol–water partition coefficient (Wildman–Crippen LogP) is 2.83. The summed E-state index contributed by atoms with van der Waals surface area (Å²) in [5, 5.41) is 4.56. The number of nitrogens with zero attached hydrogens (tertiary/aromatic N) is 4. The molecule has 0 radical (unpaired) electrons. The van der Waals surface area contributed by atoms with Gasteiger partial charge < -0.3 is 8.98 Å². The Kier molecular flexibility index (Phi) is 7.70. The van der Waals surface area contributed by atoms with Crippen molar-refractivity contribution in [2.75, 3.05) is 0 Å². The summed E-state index contributed by atoms with van der Waals surface area (Å²) in [6.45, 7) is 0. The fraction of sp³-hybridized carbons (Fsp3) is 0. The van der Waals surface area contributed by atoms with Crippen molar-refractivity contribution < 1.29 is 4.42 Å². The fourth-order valence-corrected chi connectivity index (χ4v) is 8.39. The molecule has 0 aliphatic heterocycles. The summed E-state index contributed by atoms with van der Waals surface area (Å²) in [5.74, 6) is 1.89. The molecule has 3 aromatic heterocycles. The van der Waals surface area contributed by atoms with Crippen LogP contribution < -0.4 is 27.3 Å². The summed E-state index contributed by atoms with van der Waals surface area (Å²) < 4.78 is 8.97. The predicted molar refractivity (Wildman–Crippen MR) is 244 cm³/mol. The Morgan fingerprint density at radius 3 is 1.67 bits per heavy atom. The van der Waals surface area contributed by atoms with E-state index in [-0.39, 0.29) is 0 Å². The number of fused-ring (bicyclic) bond motifs is 6. The van der Waals surface area contributed by atoms with E-state index in [9.17, 15) is 0 Å². The smallest absolute Gasteiger partial charge is 0.164 e. The molecule has 10 rings (SSSR count). The Morgan fingerprint density at radius 1 is 0.418 bits per heavy atom. The molecule has 10 aromatic rings. The fourth-order valence-electron chi connectivity index (χ4n) is 8.39. The number of benzene rings is 7. The molecule has 0 saturated heterocycles. The van der Waals surface area contributed by atoms with Gasteiger partial charge in [0, 0.05) is 50.0 Å². The number of para-hydroxylation sites is 1. The van der Waals surface area contributed by atoms with Crippen molar-refractivity contribution in [1.29, 1.82) is 0 Å². The molecule has 0 fully saturated rings. The molecular formula is C45H33B5N4O. The van der Waals surface area contributed by atoms with Crippen LogP contribution in [0.5, 0.6) is 0 Å².